The zero-order chi connectivity index (χ0) is 18.8. The maximum atomic E-state index is 13.0. The van der Waals surface area contributed by atoms with Gasteiger partial charge in [-0.15, -0.1) is 0 Å². The van der Waals surface area contributed by atoms with Gasteiger partial charge in [-0.3, -0.25) is 9.48 Å². The van der Waals surface area contributed by atoms with Crippen LogP contribution >= 0.6 is 0 Å². The molecule has 0 spiro atoms. The summed E-state index contributed by atoms with van der Waals surface area (Å²) in [5.41, 5.74) is 2.64. The molecule has 1 amide bonds. The van der Waals surface area contributed by atoms with Gasteiger partial charge in [0, 0.05) is 25.4 Å². The number of fused-ring (bicyclic) bond motifs is 1. The van der Waals surface area contributed by atoms with Crippen molar-refractivity contribution in [1.82, 2.24) is 15.1 Å². The molecule has 2 heterocycles. The van der Waals surface area contributed by atoms with Crippen LogP contribution in [0.1, 0.15) is 16.1 Å². The summed E-state index contributed by atoms with van der Waals surface area (Å²) in [5, 5.41) is 7.13. The first-order valence-corrected chi connectivity index (χ1v) is 8.56. The Hall–Kier alpha value is -3.35. The molecule has 27 heavy (non-hydrogen) atoms. The third-order valence-electron chi connectivity index (χ3n) is 4.26. The number of aromatic nitrogens is 2. The van der Waals surface area contributed by atoms with E-state index in [1.807, 2.05) is 18.2 Å². The minimum Gasteiger partial charge on any atom is -0.486 e. The van der Waals surface area contributed by atoms with Crippen LogP contribution in [0.25, 0.3) is 11.1 Å². The van der Waals surface area contributed by atoms with Crippen LogP contribution in [0.15, 0.2) is 48.7 Å². The van der Waals surface area contributed by atoms with Gasteiger partial charge in [-0.05, 0) is 35.4 Å². The molecule has 0 fully saturated rings. The van der Waals surface area contributed by atoms with E-state index in [-0.39, 0.29) is 18.3 Å². The molecular formula is C20H18FN3O3. The van der Waals surface area contributed by atoms with E-state index in [0.717, 1.165) is 11.1 Å². The van der Waals surface area contributed by atoms with E-state index in [1.165, 1.54) is 12.1 Å². The van der Waals surface area contributed by atoms with Gasteiger partial charge < -0.3 is 14.8 Å². The highest BCUT2D eigenvalue weighted by atomic mass is 19.1. The largest absolute Gasteiger partial charge is 0.486 e. The summed E-state index contributed by atoms with van der Waals surface area (Å²) in [6, 6.07) is 11.6. The minimum absolute atomic E-state index is 0.288. The van der Waals surface area contributed by atoms with Crippen molar-refractivity contribution >= 4 is 5.91 Å². The lowest BCUT2D eigenvalue weighted by atomic mass is 10.1. The summed E-state index contributed by atoms with van der Waals surface area (Å²) in [7, 11) is 1.76. The van der Waals surface area contributed by atoms with E-state index in [2.05, 4.69) is 10.4 Å². The van der Waals surface area contributed by atoms with Gasteiger partial charge >= 0.3 is 0 Å². The normalized spacial score (nSPS) is 12.7. The molecular weight excluding hydrogens is 349 g/mol. The fourth-order valence-corrected chi connectivity index (χ4v) is 2.95. The summed E-state index contributed by atoms with van der Waals surface area (Å²) < 4.78 is 25.8. The number of nitrogens with zero attached hydrogens (tertiary/aromatic N) is 2. The second kappa shape index (κ2) is 7.11. The van der Waals surface area contributed by atoms with Crippen LogP contribution in [0.5, 0.6) is 11.5 Å². The predicted molar refractivity (Wildman–Crippen MR) is 97.2 cm³/mol. The summed E-state index contributed by atoms with van der Waals surface area (Å²) >= 11 is 0. The Bertz CT molecular complexity index is 983. The van der Waals surface area contributed by atoms with Crippen molar-refractivity contribution in [3.05, 3.63) is 65.7 Å². The minimum atomic E-state index is -0.310. The third-order valence-corrected chi connectivity index (χ3v) is 4.26. The number of halogens is 1. The van der Waals surface area contributed by atoms with Crippen molar-refractivity contribution in [2.24, 2.45) is 7.05 Å². The first-order chi connectivity index (χ1) is 13.1. The Morgan fingerprint density at radius 3 is 2.67 bits per heavy atom. The lowest BCUT2D eigenvalue weighted by molar-refractivity contribution is 0.0946. The number of carbonyl (C=O) groups is 1. The van der Waals surface area contributed by atoms with E-state index in [9.17, 15) is 9.18 Å². The smallest absolute Gasteiger partial charge is 0.272 e. The summed E-state index contributed by atoms with van der Waals surface area (Å²) in [4.78, 5) is 12.7. The van der Waals surface area contributed by atoms with Crippen molar-refractivity contribution in [2.45, 2.75) is 6.54 Å². The van der Waals surface area contributed by atoms with E-state index in [1.54, 1.807) is 30.1 Å². The highest BCUT2D eigenvalue weighted by molar-refractivity contribution is 5.99. The summed E-state index contributed by atoms with van der Waals surface area (Å²) in [5.74, 6) is 0.733. The fourth-order valence-electron chi connectivity index (χ4n) is 2.95. The average molecular weight is 367 g/mol. The maximum Gasteiger partial charge on any atom is 0.272 e. The number of ether oxygens (including phenoxy) is 2. The monoisotopic (exact) mass is 367 g/mol. The molecule has 0 radical (unpaired) electrons. The Morgan fingerprint density at radius 2 is 1.89 bits per heavy atom. The Morgan fingerprint density at radius 1 is 1.15 bits per heavy atom. The quantitative estimate of drug-likeness (QED) is 0.770. The van der Waals surface area contributed by atoms with Gasteiger partial charge in [-0.25, -0.2) is 4.39 Å². The highest BCUT2D eigenvalue weighted by Gasteiger charge is 2.20. The van der Waals surface area contributed by atoms with Gasteiger partial charge in [0.1, 0.15) is 19.0 Å². The molecule has 0 saturated heterocycles. The first kappa shape index (κ1) is 17.1. The molecule has 0 aliphatic carbocycles. The van der Waals surface area contributed by atoms with Crippen molar-refractivity contribution in [3.63, 3.8) is 0 Å². The number of benzene rings is 2. The molecule has 6 nitrogen and oxygen atoms in total. The van der Waals surface area contributed by atoms with Crippen molar-refractivity contribution in [2.75, 3.05) is 13.2 Å². The molecule has 7 heteroatoms. The van der Waals surface area contributed by atoms with Crippen LogP contribution in [0.3, 0.4) is 0 Å². The molecule has 1 aromatic heterocycles. The fraction of sp³-hybridized carbons (Fsp3) is 0.200. The van der Waals surface area contributed by atoms with Crippen LogP contribution in [-0.4, -0.2) is 28.9 Å². The van der Waals surface area contributed by atoms with E-state index < -0.39 is 0 Å². The van der Waals surface area contributed by atoms with Gasteiger partial charge in [0.15, 0.2) is 17.2 Å². The molecule has 0 unspecified atom stereocenters. The van der Waals surface area contributed by atoms with Gasteiger partial charge in [-0.1, -0.05) is 18.2 Å². The number of aryl methyl sites for hydroxylation is 1. The van der Waals surface area contributed by atoms with Crippen LogP contribution in [0.4, 0.5) is 4.39 Å². The average Bonchev–Trinajstić information content (AvgIpc) is 3.09. The lowest BCUT2D eigenvalue weighted by Gasteiger charge is -2.18. The molecule has 1 N–H and O–H groups in total. The van der Waals surface area contributed by atoms with E-state index in [4.69, 9.17) is 9.47 Å². The number of hydrogen-bond acceptors (Lipinski definition) is 4. The summed E-state index contributed by atoms with van der Waals surface area (Å²) in [6.45, 7) is 1.31. The number of carbonyl (C=O) groups excluding carboxylic acids is 1. The molecule has 1 aliphatic heterocycles. The van der Waals surface area contributed by atoms with Crippen molar-refractivity contribution in [3.8, 4) is 22.6 Å². The Kier molecular flexibility index (Phi) is 4.50. The Labute approximate surface area is 155 Å². The van der Waals surface area contributed by atoms with Gasteiger partial charge in [-0.2, -0.15) is 5.10 Å². The van der Waals surface area contributed by atoms with Crippen LogP contribution in [0, 0.1) is 5.82 Å². The Balaban J connectivity index is 1.57. The van der Waals surface area contributed by atoms with Gasteiger partial charge in [0.05, 0.1) is 0 Å². The van der Waals surface area contributed by atoms with Crippen LogP contribution < -0.4 is 14.8 Å². The zero-order valence-corrected chi connectivity index (χ0v) is 14.7. The number of amides is 1. The molecule has 138 valence electrons. The van der Waals surface area contributed by atoms with E-state index in [0.29, 0.717) is 36.0 Å². The standard InChI is InChI=1S/C20H18FN3O3/c1-24-12-16(14-4-7-17-18(10-14)27-9-8-26-17)19(23-24)20(25)22-11-13-2-5-15(21)6-3-13/h2-7,10,12H,8-9,11H2,1H3,(H,22,25). The molecule has 2 aromatic carbocycles. The summed E-state index contributed by atoms with van der Waals surface area (Å²) in [6.07, 6.45) is 1.79. The molecule has 0 atom stereocenters. The number of rotatable bonds is 4. The maximum absolute atomic E-state index is 13.0. The molecule has 0 bridgehead atoms. The SMILES string of the molecule is Cn1cc(-c2ccc3c(c2)OCCO3)c(C(=O)NCc2ccc(F)cc2)n1. The predicted octanol–water partition coefficient (Wildman–Crippen LogP) is 2.93. The van der Waals surface area contributed by atoms with E-state index >= 15 is 0 Å². The second-order valence-corrected chi connectivity index (χ2v) is 6.23. The second-order valence-electron chi connectivity index (χ2n) is 6.23. The zero-order valence-electron chi connectivity index (χ0n) is 14.7. The highest BCUT2D eigenvalue weighted by Crippen LogP contribution is 2.35. The first-order valence-electron chi connectivity index (χ1n) is 8.56. The molecule has 4 rings (SSSR count). The number of hydrogen-bond donors (Lipinski definition) is 1. The number of nitrogens with one attached hydrogen (secondary N) is 1. The molecule has 0 saturated carbocycles. The van der Waals surface area contributed by atoms with Crippen LogP contribution in [0.2, 0.25) is 0 Å². The third kappa shape index (κ3) is 3.62. The lowest BCUT2D eigenvalue weighted by Crippen LogP contribution is -2.24. The van der Waals surface area contributed by atoms with Gasteiger partial charge in [0.2, 0.25) is 0 Å². The van der Waals surface area contributed by atoms with Gasteiger partial charge in [0.25, 0.3) is 5.91 Å². The van der Waals surface area contributed by atoms with Crippen molar-refractivity contribution in [1.29, 1.82) is 0 Å². The molecule has 1 aliphatic rings. The van der Waals surface area contributed by atoms with Crippen molar-refractivity contribution < 1.29 is 18.7 Å². The topological polar surface area (TPSA) is 65.4 Å². The molecule has 3 aromatic rings. The van der Waals surface area contributed by atoms with Crippen LogP contribution in [-0.2, 0) is 13.6 Å².